The Labute approximate surface area is 86.8 Å². The van der Waals surface area contributed by atoms with Crippen LogP contribution >= 0.6 is 0 Å². The molecule has 0 radical (unpaired) electrons. The van der Waals surface area contributed by atoms with Crippen LogP contribution in [0.5, 0.6) is 0 Å². The average molecular weight is 195 g/mol. The molecule has 14 heavy (non-hydrogen) atoms. The molecule has 0 aromatic carbocycles. The van der Waals surface area contributed by atoms with Gasteiger partial charge in [-0.2, -0.15) is 0 Å². The molecule has 0 bridgehead atoms. The largest absolute Gasteiger partial charge is 0.350 e. The number of amides is 1. The zero-order valence-electron chi connectivity index (χ0n) is 9.25. The molecule has 1 rings (SSSR count). The molecule has 0 aromatic heterocycles. The van der Waals surface area contributed by atoms with Gasteiger partial charge in [0.25, 0.3) is 0 Å². The van der Waals surface area contributed by atoms with Crippen molar-refractivity contribution in [1.29, 1.82) is 0 Å². The Bertz CT molecular complexity index is 210. The minimum absolute atomic E-state index is 0.0283. The maximum Gasteiger partial charge on any atom is 0.243 e. The van der Waals surface area contributed by atoms with Crippen molar-refractivity contribution < 1.29 is 4.79 Å². The predicted molar refractivity (Wildman–Crippen MR) is 58.9 cm³/mol. The molecule has 0 aromatic rings. The fourth-order valence-electron chi connectivity index (χ4n) is 2.22. The van der Waals surface area contributed by atoms with E-state index in [-0.39, 0.29) is 5.91 Å². The maximum atomic E-state index is 11.1. The highest BCUT2D eigenvalue weighted by atomic mass is 16.1. The van der Waals surface area contributed by atoms with Gasteiger partial charge in [-0.1, -0.05) is 33.3 Å². The Balaban J connectivity index is 2.39. The summed E-state index contributed by atoms with van der Waals surface area (Å²) in [7, 11) is 0. The molecule has 1 aliphatic carbocycles. The molecule has 80 valence electrons. The molecule has 2 atom stereocenters. The molecule has 0 aliphatic heterocycles. The second kappa shape index (κ2) is 5.18. The first-order valence-corrected chi connectivity index (χ1v) is 5.56. The number of rotatable bonds is 3. The highest BCUT2D eigenvalue weighted by Crippen LogP contribution is 2.29. The van der Waals surface area contributed by atoms with E-state index in [2.05, 4.69) is 25.7 Å². The summed E-state index contributed by atoms with van der Waals surface area (Å²) in [5, 5.41) is 3.00. The summed E-state index contributed by atoms with van der Waals surface area (Å²) < 4.78 is 0. The summed E-state index contributed by atoms with van der Waals surface area (Å²) in [5.41, 5.74) is 0. The van der Waals surface area contributed by atoms with Crippen molar-refractivity contribution in [2.24, 2.45) is 11.8 Å². The smallest absolute Gasteiger partial charge is 0.243 e. The molecule has 0 spiro atoms. The molecule has 1 aliphatic rings. The van der Waals surface area contributed by atoms with E-state index in [1.54, 1.807) is 0 Å². The van der Waals surface area contributed by atoms with Crippen LogP contribution < -0.4 is 5.32 Å². The van der Waals surface area contributed by atoms with E-state index in [9.17, 15) is 4.79 Å². The summed E-state index contributed by atoms with van der Waals surface area (Å²) in [6, 6.07) is 0.377. The number of hydrogen-bond acceptors (Lipinski definition) is 1. The lowest BCUT2D eigenvalue weighted by Crippen LogP contribution is -2.38. The Morgan fingerprint density at radius 3 is 2.79 bits per heavy atom. The highest BCUT2D eigenvalue weighted by molar-refractivity contribution is 5.87. The monoisotopic (exact) mass is 195 g/mol. The highest BCUT2D eigenvalue weighted by Gasteiger charge is 2.24. The quantitative estimate of drug-likeness (QED) is 0.689. The van der Waals surface area contributed by atoms with E-state index >= 15 is 0 Å². The molecule has 1 saturated carbocycles. The maximum absolute atomic E-state index is 11.1. The molecule has 0 heterocycles. The van der Waals surface area contributed by atoms with Crippen molar-refractivity contribution in [2.75, 3.05) is 0 Å². The zero-order valence-corrected chi connectivity index (χ0v) is 9.25. The molecule has 0 saturated heterocycles. The fraction of sp³-hybridized carbons (Fsp3) is 0.750. The van der Waals surface area contributed by atoms with Crippen LogP contribution in [0.3, 0.4) is 0 Å². The Kier molecular flexibility index (Phi) is 4.18. The van der Waals surface area contributed by atoms with Crippen LogP contribution in [0.25, 0.3) is 0 Å². The Morgan fingerprint density at radius 1 is 1.50 bits per heavy atom. The van der Waals surface area contributed by atoms with Gasteiger partial charge in [0.05, 0.1) is 0 Å². The van der Waals surface area contributed by atoms with E-state index in [0.717, 1.165) is 24.7 Å². The first-order valence-electron chi connectivity index (χ1n) is 5.56. The lowest BCUT2D eigenvalue weighted by atomic mass is 9.79. The van der Waals surface area contributed by atoms with Crippen molar-refractivity contribution in [1.82, 2.24) is 5.32 Å². The Hall–Kier alpha value is -0.790. The third-order valence-corrected chi connectivity index (χ3v) is 3.19. The SMILES string of the molecule is C=CC(=O)N[C@H]1CCC[C@H](C(C)C)C1. The van der Waals surface area contributed by atoms with Crippen molar-refractivity contribution in [2.45, 2.75) is 45.6 Å². The van der Waals surface area contributed by atoms with Crippen LogP contribution in [0.15, 0.2) is 12.7 Å². The standard InChI is InChI=1S/C12H21NO/c1-4-12(14)13-11-7-5-6-10(8-11)9(2)3/h4,9-11H,1,5-8H2,2-3H3,(H,13,14)/t10-,11-/m0/s1. The van der Waals surface area contributed by atoms with Gasteiger partial charge >= 0.3 is 0 Å². The molecular formula is C12H21NO. The summed E-state index contributed by atoms with van der Waals surface area (Å²) in [6.45, 7) is 8.00. The summed E-state index contributed by atoms with van der Waals surface area (Å²) in [4.78, 5) is 11.1. The van der Waals surface area contributed by atoms with E-state index < -0.39 is 0 Å². The second-order valence-electron chi connectivity index (χ2n) is 4.58. The van der Waals surface area contributed by atoms with Crippen molar-refractivity contribution in [3.63, 3.8) is 0 Å². The second-order valence-corrected chi connectivity index (χ2v) is 4.58. The van der Waals surface area contributed by atoms with Gasteiger partial charge in [0.2, 0.25) is 5.91 Å². The molecular weight excluding hydrogens is 174 g/mol. The van der Waals surface area contributed by atoms with Gasteiger partial charge in [-0.25, -0.2) is 0 Å². The minimum atomic E-state index is -0.0283. The van der Waals surface area contributed by atoms with Gasteiger partial charge in [0.1, 0.15) is 0 Å². The average Bonchev–Trinajstić information content (AvgIpc) is 2.18. The van der Waals surface area contributed by atoms with E-state index in [1.165, 1.54) is 18.9 Å². The first-order chi connectivity index (χ1) is 6.63. The van der Waals surface area contributed by atoms with Crippen molar-refractivity contribution in [3.8, 4) is 0 Å². The number of carbonyl (C=O) groups excluding carboxylic acids is 1. The van der Waals surface area contributed by atoms with Crippen molar-refractivity contribution in [3.05, 3.63) is 12.7 Å². The van der Waals surface area contributed by atoms with Crippen LogP contribution in [-0.4, -0.2) is 11.9 Å². The third kappa shape index (κ3) is 3.17. The van der Waals surface area contributed by atoms with E-state index in [0.29, 0.717) is 6.04 Å². The molecule has 2 nitrogen and oxygen atoms in total. The predicted octanol–water partition coefficient (Wildman–Crippen LogP) is 2.50. The van der Waals surface area contributed by atoms with Gasteiger partial charge in [-0.3, -0.25) is 4.79 Å². The van der Waals surface area contributed by atoms with Gasteiger partial charge in [-0.05, 0) is 30.8 Å². The minimum Gasteiger partial charge on any atom is -0.350 e. The first kappa shape index (κ1) is 11.3. The number of carbonyl (C=O) groups is 1. The van der Waals surface area contributed by atoms with Gasteiger partial charge in [-0.15, -0.1) is 0 Å². The third-order valence-electron chi connectivity index (χ3n) is 3.19. The van der Waals surface area contributed by atoms with Gasteiger partial charge < -0.3 is 5.32 Å². The lowest BCUT2D eigenvalue weighted by molar-refractivity contribution is -0.117. The van der Waals surface area contributed by atoms with Crippen LogP contribution in [0, 0.1) is 11.8 Å². The summed E-state index contributed by atoms with van der Waals surface area (Å²) >= 11 is 0. The topological polar surface area (TPSA) is 29.1 Å². The van der Waals surface area contributed by atoms with Crippen LogP contribution in [0.4, 0.5) is 0 Å². The fourth-order valence-corrected chi connectivity index (χ4v) is 2.22. The Morgan fingerprint density at radius 2 is 2.21 bits per heavy atom. The summed E-state index contributed by atoms with van der Waals surface area (Å²) in [5.74, 6) is 1.48. The molecule has 2 heteroatoms. The van der Waals surface area contributed by atoms with Crippen LogP contribution in [0.1, 0.15) is 39.5 Å². The van der Waals surface area contributed by atoms with E-state index in [1.807, 2.05) is 0 Å². The molecule has 0 unspecified atom stereocenters. The molecule has 1 amide bonds. The van der Waals surface area contributed by atoms with E-state index in [4.69, 9.17) is 0 Å². The number of hydrogen-bond donors (Lipinski definition) is 1. The summed E-state index contributed by atoms with van der Waals surface area (Å²) in [6.07, 6.45) is 6.18. The van der Waals surface area contributed by atoms with Crippen LogP contribution in [-0.2, 0) is 4.79 Å². The van der Waals surface area contributed by atoms with Gasteiger partial charge in [0.15, 0.2) is 0 Å². The van der Waals surface area contributed by atoms with Crippen molar-refractivity contribution >= 4 is 5.91 Å². The normalized spacial score (nSPS) is 27.4. The number of nitrogens with one attached hydrogen (secondary N) is 1. The molecule has 1 fully saturated rings. The zero-order chi connectivity index (χ0) is 10.6. The van der Waals surface area contributed by atoms with Crippen LogP contribution in [0.2, 0.25) is 0 Å². The molecule has 1 N–H and O–H groups in total. The lowest BCUT2D eigenvalue weighted by Gasteiger charge is -2.31. The van der Waals surface area contributed by atoms with Gasteiger partial charge in [0, 0.05) is 6.04 Å².